The summed E-state index contributed by atoms with van der Waals surface area (Å²) in [6, 6.07) is 0. The van der Waals surface area contributed by atoms with E-state index >= 15 is 0 Å². The highest BCUT2D eigenvalue weighted by atomic mass is 28.3. The van der Waals surface area contributed by atoms with Crippen LogP contribution in [0.2, 0.25) is 36.3 Å². The summed E-state index contributed by atoms with van der Waals surface area (Å²) in [4.78, 5) is 0. The highest BCUT2D eigenvalue weighted by molar-refractivity contribution is 6.91. The average Bonchev–Trinajstić information content (AvgIpc) is 2.30. The molecule has 0 aliphatic carbocycles. The van der Waals surface area contributed by atoms with Crippen molar-refractivity contribution in [1.82, 2.24) is 0 Å². The number of aliphatic hydroxyl groups is 2. The van der Waals surface area contributed by atoms with Gasteiger partial charge in [-0.05, 0) is 10.1 Å². The lowest BCUT2D eigenvalue weighted by atomic mass is 10.2. The van der Waals surface area contributed by atoms with Gasteiger partial charge in [-0.2, -0.15) is 0 Å². The van der Waals surface area contributed by atoms with Crippen molar-refractivity contribution in [3.8, 4) is 0 Å². The van der Waals surface area contributed by atoms with Crippen LogP contribution < -0.4 is 0 Å². The van der Waals surface area contributed by atoms with Crippen LogP contribution in [-0.4, -0.2) is 45.7 Å². The van der Waals surface area contributed by atoms with Crippen molar-refractivity contribution in [2.24, 2.45) is 0 Å². The largest absolute Gasteiger partial charge is 0.501 e. The van der Waals surface area contributed by atoms with Gasteiger partial charge in [-0.15, -0.1) is 0 Å². The molecule has 0 saturated heterocycles. The molecular weight excluding hydrogens is 308 g/mol. The molecule has 0 saturated carbocycles. The smallest absolute Gasteiger partial charge is 0.129 e. The predicted molar refractivity (Wildman–Crippen MR) is 102 cm³/mol. The Kier molecular flexibility index (Phi) is 7.16. The summed E-state index contributed by atoms with van der Waals surface area (Å²) in [7, 11) is -3.46. The Hall–Kier alpha value is -0.106. The van der Waals surface area contributed by atoms with Gasteiger partial charge in [0.2, 0.25) is 0 Å². The van der Waals surface area contributed by atoms with Gasteiger partial charge in [0.25, 0.3) is 0 Å². The first-order chi connectivity index (χ1) is 9.56. The fraction of sp³-hybridized carbons (Fsp3) is 0.882. The third-order valence-corrected chi connectivity index (χ3v) is 16.0. The molecule has 0 amide bonds. The highest BCUT2D eigenvalue weighted by Crippen LogP contribution is 2.44. The first-order valence-corrected chi connectivity index (χ1v) is 14.3. The minimum Gasteiger partial charge on any atom is -0.501 e. The van der Waals surface area contributed by atoms with Crippen molar-refractivity contribution in [1.29, 1.82) is 0 Å². The zero-order valence-corrected chi connectivity index (χ0v) is 18.4. The SMILES string of the molecule is CC(C)(C)[Si](C)(C)C=C(OCC(O)CO)[Si](C)(C)C(C)(C)C. The lowest BCUT2D eigenvalue weighted by molar-refractivity contribution is 0.0344. The molecule has 3 nitrogen and oxygen atoms in total. The fourth-order valence-electron chi connectivity index (χ4n) is 1.56. The molecule has 0 fully saturated rings. The summed E-state index contributed by atoms with van der Waals surface area (Å²) >= 11 is 0. The summed E-state index contributed by atoms with van der Waals surface area (Å²) in [6.07, 6.45) is -0.812. The van der Waals surface area contributed by atoms with Crippen LogP contribution in [0.15, 0.2) is 11.1 Å². The molecule has 0 aromatic heterocycles. The minimum atomic E-state index is -1.82. The first-order valence-electron chi connectivity index (χ1n) is 8.21. The molecule has 0 heterocycles. The predicted octanol–water partition coefficient (Wildman–Crippen LogP) is 4.34. The summed E-state index contributed by atoms with van der Waals surface area (Å²) < 4.78 is 6.06. The summed E-state index contributed by atoms with van der Waals surface area (Å²) in [5.41, 5.74) is 2.40. The van der Waals surface area contributed by atoms with Gasteiger partial charge in [-0.1, -0.05) is 73.4 Å². The third-order valence-electron chi connectivity index (χ3n) is 5.56. The van der Waals surface area contributed by atoms with Crippen molar-refractivity contribution < 1.29 is 14.9 Å². The van der Waals surface area contributed by atoms with Gasteiger partial charge in [0.1, 0.15) is 20.8 Å². The van der Waals surface area contributed by atoms with Crippen LogP contribution in [0.4, 0.5) is 0 Å². The Morgan fingerprint density at radius 1 is 1.00 bits per heavy atom. The molecular formula is C17H38O3Si2. The standard InChI is InChI=1S/C17H38O3Si2/c1-16(2,3)21(7,8)13-15(20-12-14(19)11-18)22(9,10)17(4,5)6/h13-14,18-19H,11-12H2,1-10H3. The van der Waals surface area contributed by atoms with Crippen LogP contribution in [0.1, 0.15) is 41.5 Å². The maximum Gasteiger partial charge on any atom is 0.129 e. The van der Waals surface area contributed by atoms with Crippen molar-refractivity contribution in [2.45, 2.75) is 83.9 Å². The van der Waals surface area contributed by atoms with E-state index in [0.717, 1.165) is 5.38 Å². The van der Waals surface area contributed by atoms with Crippen molar-refractivity contribution in [3.63, 3.8) is 0 Å². The Bertz CT molecular complexity index is 388. The van der Waals surface area contributed by atoms with Crippen LogP contribution in [-0.2, 0) is 4.74 Å². The zero-order valence-electron chi connectivity index (χ0n) is 16.4. The first kappa shape index (κ1) is 21.9. The number of hydrogen-bond donors (Lipinski definition) is 2. The topological polar surface area (TPSA) is 49.7 Å². The molecule has 5 heteroatoms. The van der Waals surface area contributed by atoms with Crippen LogP contribution in [0.25, 0.3) is 0 Å². The monoisotopic (exact) mass is 346 g/mol. The van der Waals surface area contributed by atoms with Gasteiger partial charge in [-0.25, -0.2) is 0 Å². The van der Waals surface area contributed by atoms with E-state index < -0.39 is 22.3 Å². The minimum absolute atomic E-state index is 0.170. The molecule has 2 N–H and O–H groups in total. The van der Waals surface area contributed by atoms with E-state index in [9.17, 15) is 5.11 Å². The quantitative estimate of drug-likeness (QED) is 0.556. The van der Waals surface area contributed by atoms with E-state index in [1.807, 2.05) is 0 Å². The van der Waals surface area contributed by atoms with Crippen molar-refractivity contribution in [2.75, 3.05) is 13.2 Å². The van der Waals surface area contributed by atoms with Crippen LogP contribution in [0.3, 0.4) is 0 Å². The maximum absolute atomic E-state index is 9.66. The van der Waals surface area contributed by atoms with Gasteiger partial charge < -0.3 is 14.9 Å². The summed E-state index contributed by atoms with van der Waals surface area (Å²) in [6.45, 7) is 23.0. The number of aliphatic hydroxyl groups excluding tert-OH is 2. The number of hydrogen-bond acceptors (Lipinski definition) is 3. The van der Waals surface area contributed by atoms with Gasteiger partial charge in [0.15, 0.2) is 0 Å². The van der Waals surface area contributed by atoms with E-state index in [-0.39, 0.29) is 23.3 Å². The maximum atomic E-state index is 9.66. The Balaban J connectivity index is 5.73. The molecule has 0 aromatic rings. The Morgan fingerprint density at radius 2 is 1.45 bits per heavy atom. The molecule has 0 bridgehead atoms. The molecule has 0 radical (unpaired) electrons. The average molecular weight is 347 g/mol. The molecule has 22 heavy (non-hydrogen) atoms. The van der Waals surface area contributed by atoms with Gasteiger partial charge in [0.05, 0.1) is 20.1 Å². The van der Waals surface area contributed by atoms with Gasteiger partial charge >= 0.3 is 0 Å². The molecule has 0 rings (SSSR count). The molecule has 0 aliphatic rings. The van der Waals surface area contributed by atoms with E-state index in [2.05, 4.69) is 73.4 Å². The van der Waals surface area contributed by atoms with E-state index in [4.69, 9.17) is 9.84 Å². The summed E-state index contributed by atoms with van der Waals surface area (Å²) in [5, 5.41) is 20.2. The molecule has 0 aliphatic heterocycles. The lowest BCUT2D eigenvalue weighted by Gasteiger charge is -2.41. The molecule has 132 valence electrons. The van der Waals surface area contributed by atoms with Crippen molar-refractivity contribution in [3.05, 3.63) is 11.1 Å². The normalized spacial score (nSPS) is 16.6. The fourth-order valence-corrected chi connectivity index (χ4v) is 6.44. The molecule has 1 atom stereocenters. The summed E-state index contributed by atoms with van der Waals surface area (Å²) in [5.74, 6) is 0. The Morgan fingerprint density at radius 3 is 1.77 bits per heavy atom. The van der Waals surface area contributed by atoms with Crippen LogP contribution in [0.5, 0.6) is 0 Å². The van der Waals surface area contributed by atoms with E-state index in [0.29, 0.717) is 0 Å². The van der Waals surface area contributed by atoms with Crippen molar-refractivity contribution >= 4 is 16.1 Å². The second-order valence-electron chi connectivity index (χ2n) is 9.50. The van der Waals surface area contributed by atoms with E-state index in [1.165, 1.54) is 0 Å². The molecule has 1 unspecified atom stereocenters. The van der Waals surface area contributed by atoms with Gasteiger partial charge in [-0.3, -0.25) is 0 Å². The van der Waals surface area contributed by atoms with Gasteiger partial charge in [0, 0.05) is 0 Å². The second kappa shape index (κ2) is 7.20. The highest BCUT2D eigenvalue weighted by Gasteiger charge is 2.43. The third kappa shape index (κ3) is 5.51. The number of ether oxygens (including phenoxy) is 1. The molecule has 0 aromatic carbocycles. The second-order valence-corrected chi connectivity index (χ2v) is 20.0. The van der Waals surface area contributed by atoms with E-state index in [1.54, 1.807) is 0 Å². The number of rotatable bonds is 6. The zero-order chi connectivity index (χ0) is 18.0. The van der Waals surface area contributed by atoms with Crippen LogP contribution in [0, 0.1) is 0 Å². The van der Waals surface area contributed by atoms with Crippen LogP contribution >= 0.6 is 0 Å². The lowest BCUT2D eigenvalue weighted by Crippen LogP contribution is -2.45. The Labute approximate surface area is 139 Å². The molecule has 0 spiro atoms.